The van der Waals surface area contributed by atoms with Gasteiger partial charge in [0.1, 0.15) is 24.5 Å². The topological polar surface area (TPSA) is 124 Å². The lowest BCUT2D eigenvalue weighted by Gasteiger charge is -2.39. The fraction of sp³-hybridized carbons (Fsp3) is 0.438. The Kier molecular flexibility index (Phi) is 9.03. The number of hydrogen-bond acceptors (Lipinski definition) is 11. The monoisotopic (exact) mass is 695 g/mol. The van der Waals surface area contributed by atoms with E-state index in [9.17, 15) is 4.57 Å². The number of benzene rings is 2. The molecule has 0 amide bonds. The first kappa shape index (κ1) is 31.7. The van der Waals surface area contributed by atoms with Crippen molar-refractivity contribution >= 4 is 68.1 Å². The molecule has 0 saturated carbocycles. The zero-order valence-electron chi connectivity index (χ0n) is 26.3. The summed E-state index contributed by atoms with van der Waals surface area (Å²) in [5.74, 6) is 1.93. The second-order valence-corrected chi connectivity index (χ2v) is 15.7. The maximum Gasteiger partial charge on any atom is 0.229 e. The largest absolute Gasteiger partial charge is 0.494 e. The summed E-state index contributed by atoms with van der Waals surface area (Å²) in [6.45, 7) is 10.7. The Balaban J connectivity index is 1.28. The number of halogens is 1. The van der Waals surface area contributed by atoms with Crippen LogP contribution >= 0.6 is 23.1 Å². The van der Waals surface area contributed by atoms with Gasteiger partial charge in [0.05, 0.1) is 41.7 Å². The average Bonchev–Trinajstić information content (AvgIpc) is 3.49. The van der Waals surface area contributed by atoms with E-state index in [1.165, 1.54) is 5.56 Å². The van der Waals surface area contributed by atoms with E-state index in [-0.39, 0.29) is 0 Å². The van der Waals surface area contributed by atoms with Crippen LogP contribution in [-0.2, 0) is 26.9 Å². The Labute approximate surface area is 272 Å². The number of piperidine rings is 1. The number of fused-ring (bicyclic) bond motifs is 1. The second kappa shape index (κ2) is 12.8. The molecular formula is C32H39BrN7O4P. The molecule has 2 fully saturated rings. The highest BCUT2D eigenvalue weighted by Crippen LogP contribution is 2.42. The van der Waals surface area contributed by atoms with E-state index in [4.69, 9.17) is 19.2 Å². The Morgan fingerprint density at radius 3 is 2.42 bits per heavy atom. The van der Waals surface area contributed by atoms with Crippen LogP contribution in [0, 0.1) is 0 Å². The summed E-state index contributed by atoms with van der Waals surface area (Å²) in [6.07, 6.45) is 6.69. The van der Waals surface area contributed by atoms with E-state index >= 15 is 0 Å². The normalized spacial score (nSPS) is 16.4. The van der Waals surface area contributed by atoms with Crippen molar-refractivity contribution in [2.24, 2.45) is 0 Å². The molecule has 2 N–H and O–H groups in total. The Morgan fingerprint density at radius 1 is 1.00 bits per heavy atom. The second-order valence-electron chi connectivity index (χ2n) is 11.7. The first-order chi connectivity index (χ1) is 21.6. The molecule has 2 aliphatic rings. The van der Waals surface area contributed by atoms with Crippen LogP contribution in [-0.4, -0.2) is 72.5 Å². The minimum Gasteiger partial charge on any atom is -0.494 e. The SMILES string of the molecule is CCc1ncc2c(P(C)(C)=O)c(Nc3nc(Nc4cc(CC)c(N5CCC6(CC5)OCCO6)cc4OC)ncc3Br)ccc2n1. The van der Waals surface area contributed by atoms with Crippen LogP contribution < -0.4 is 25.6 Å². The number of methoxy groups -OCH3 is 1. The summed E-state index contributed by atoms with van der Waals surface area (Å²) in [7, 11) is -1.07. The quantitative estimate of drug-likeness (QED) is 0.189. The highest BCUT2D eigenvalue weighted by Gasteiger charge is 2.40. The number of ether oxygens (including phenoxy) is 3. The summed E-state index contributed by atoms with van der Waals surface area (Å²) in [5.41, 5.74) is 4.55. The lowest BCUT2D eigenvalue weighted by molar-refractivity contribution is -0.169. The fourth-order valence-electron chi connectivity index (χ4n) is 6.08. The van der Waals surface area contributed by atoms with Crippen molar-refractivity contribution in [3.05, 3.63) is 52.5 Å². The van der Waals surface area contributed by atoms with Crippen LogP contribution in [0.2, 0.25) is 0 Å². The molecule has 45 heavy (non-hydrogen) atoms. The molecule has 6 rings (SSSR count). The molecule has 1 spiro atoms. The van der Waals surface area contributed by atoms with Gasteiger partial charge in [0.2, 0.25) is 5.95 Å². The van der Waals surface area contributed by atoms with Gasteiger partial charge in [0.15, 0.2) is 5.79 Å². The summed E-state index contributed by atoms with van der Waals surface area (Å²) in [6, 6.07) is 8.01. The zero-order chi connectivity index (χ0) is 31.8. The molecule has 0 unspecified atom stereocenters. The van der Waals surface area contributed by atoms with Gasteiger partial charge in [-0.1, -0.05) is 13.8 Å². The van der Waals surface area contributed by atoms with Gasteiger partial charge < -0.3 is 34.3 Å². The number of hydrogen-bond donors (Lipinski definition) is 2. The Bertz CT molecular complexity index is 1770. The molecule has 0 atom stereocenters. The van der Waals surface area contributed by atoms with Gasteiger partial charge in [-0.3, -0.25) is 0 Å². The lowest BCUT2D eigenvalue weighted by atomic mass is 10.0. The summed E-state index contributed by atoms with van der Waals surface area (Å²) < 4.78 is 31.9. The smallest absolute Gasteiger partial charge is 0.229 e. The van der Waals surface area contributed by atoms with Crippen LogP contribution in [0.3, 0.4) is 0 Å². The van der Waals surface area contributed by atoms with E-state index in [2.05, 4.69) is 65.5 Å². The fourth-order valence-corrected chi connectivity index (χ4v) is 7.83. The first-order valence-corrected chi connectivity index (χ1v) is 18.7. The van der Waals surface area contributed by atoms with Crippen LogP contribution in [0.15, 0.2) is 41.1 Å². The highest BCUT2D eigenvalue weighted by atomic mass is 79.9. The van der Waals surface area contributed by atoms with Gasteiger partial charge in [-0.15, -0.1) is 0 Å². The standard InChI is InChI=1S/C32H39BrN7O4P/c1-6-20-16-25(27(42-3)17-26(20)40-12-10-32(11-13-40)43-14-15-44-32)38-31-35-19-22(33)30(39-31)37-24-9-8-23-21(29(24)45(4,5)41)18-34-28(7-2)36-23/h8-9,16-19H,6-7,10-15H2,1-5H3,(H2,35,37,38,39). The number of anilines is 5. The van der Waals surface area contributed by atoms with Crippen molar-refractivity contribution in [3.8, 4) is 5.75 Å². The number of rotatable bonds is 9. The summed E-state index contributed by atoms with van der Waals surface area (Å²) >= 11 is 3.59. The predicted octanol–water partition coefficient (Wildman–Crippen LogP) is 6.39. The summed E-state index contributed by atoms with van der Waals surface area (Å²) in [5, 5.41) is 8.21. The minimum absolute atomic E-state index is 0.388. The first-order valence-electron chi connectivity index (χ1n) is 15.3. The molecule has 2 aliphatic heterocycles. The third-order valence-corrected chi connectivity index (χ3v) is 10.5. The molecule has 2 aromatic carbocycles. The lowest BCUT2D eigenvalue weighted by Crippen LogP contribution is -2.45. The minimum atomic E-state index is -2.74. The molecule has 4 heterocycles. The van der Waals surface area contributed by atoms with Crippen molar-refractivity contribution in [2.75, 3.05) is 62.3 Å². The van der Waals surface area contributed by atoms with E-state index < -0.39 is 12.9 Å². The van der Waals surface area contributed by atoms with Gasteiger partial charge in [-0.05, 0) is 59.4 Å². The Morgan fingerprint density at radius 2 is 1.76 bits per heavy atom. The van der Waals surface area contributed by atoms with E-state index in [0.29, 0.717) is 46.2 Å². The van der Waals surface area contributed by atoms with Crippen molar-refractivity contribution in [1.82, 2.24) is 19.9 Å². The van der Waals surface area contributed by atoms with Gasteiger partial charge >= 0.3 is 0 Å². The Hall–Kier alpha value is -3.31. The molecule has 4 aromatic rings. The maximum absolute atomic E-state index is 13.5. The summed E-state index contributed by atoms with van der Waals surface area (Å²) in [4.78, 5) is 20.8. The number of nitrogens with one attached hydrogen (secondary N) is 2. The van der Waals surface area contributed by atoms with Crippen LogP contribution in [0.4, 0.5) is 28.8 Å². The van der Waals surface area contributed by atoms with Crippen LogP contribution in [0.5, 0.6) is 5.75 Å². The highest BCUT2D eigenvalue weighted by molar-refractivity contribution is 9.10. The van der Waals surface area contributed by atoms with Crippen molar-refractivity contribution < 1.29 is 18.8 Å². The van der Waals surface area contributed by atoms with Crippen molar-refractivity contribution in [2.45, 2.75) is 45.3 Å². The van der Waals surface area contributed by atoms with E-state index in [1.807, 2.05) is 19.1 Å². The molecule has 0 aliphatic carbocycles. The van der Waals surface area contributed by atoms with Gasteiger partial charge in [-0.25, -0.2) is 15.0 Å². The zero-order valence-corrected chi connectivity index (χ0v) is 28.8. The third kappa shape index (κ3) is 6.52. The van der Waals surface area contributed by atoms with Gasteiger partial charge in [0, 0.05) is 67.2 Å². The molecule has 238 valence electrons. The number of aryl methyl sites for hydroxylation is 2. The molecule has 11 nitrogen and oxygen atoms in total. The van der Waals surface area contributed by atoms with Gasteiger partial charge in [0.25, 0.3) is 0 Å². The molecule has 0 radical (unpaired) electrons. The maximum atomic E-state index is 13.5. The van der Waals surface area contributed by atoms with Crippen LogP contribution in [0.1, 0.15) is 38.1 Å². The van der Waals surface area contributed by atoms with Crippen molar-refractivity contribution in [1.29, 1.82) is 0 Å². The third-order valence-electron chi connectivity index (χ3n) is 8.35. The predicted molar refractivity (Wildman–Crippen MR) is 183 cm³/mol. The number of aromatic nitrogens is 4. The molecular weight excluding hydrogens is 657 g/mol. The van der Waals surface area contributed by atoms with E-state index in [0.717, 1.165) is 66.9 Å². The van der Waals surface area contributed by atoms with Gasteiger partial charge in [-0.2, -0.15) is 4.98 Å². The molecule has 2 aromatic heterocycles. The average molecular weight is 697 g/mol. The van der Waals surface area contributed by atoms with E-state index in [1.54, 1.807) is 32.8 Å². The molecule has 13 heteroatoms. The number of nitrogens with zero attached hydrogens (tertiary/aromatic N) is 5. The molecule has 2 saturated heterocycles. The molecule has 0 bridgehead atoms. The van der Waals surface area contributed by atoms with Crippen molar-refractivity contribution in [3.63, 3.8) is 0 Å². The van der Waals surface area contributed by atoms with Crippen LogP contribution in [0.25, 0.3) is 10.9 Å².